The fraction of sp³-hybridized carbons (Fsp3) is 1.00. The van der Waals surface area contributed by atoms with Crippen LogP contribution in [0.4, 0.5) is 0 Å². The topological polar surface area (TPSA) is 27.7 Å². The number of thioether (sulfide) groups is 1. The van der Waals surface area contributed by atoms with E-state index < -0.39 is 9.68 Å². The van der Waals surface area contributed by atoms with E-state index in [9.17, 15) is 0 Å². The minimum absolute atomic E-state index is 0.486. The Morgan fingerprint density at radius 1 is 1.17 bits per heavy atom. The smallest absolute Gasteiger partial charge is 0.250 e. The lowest BCUT2D eigenvalue weighted by molar-refractivity contribution is -0.187. The molecule has 0 fully saturated rings. The second kappa shape index (κ2) is 4.87. The number of thiol groups is 1. The van der Waals surface area contributed by atoms with Crippen molar-refractivity contribution in [3.05, 3.63) is 0 Å². The standard InChI is InChI=1S/C6H16O3S2Si/c1-7-5(10,8-2)6(12,9-3)11-4/h10H,1-4,12H3. The van der Waals surface area contributed by atoms with Crippen LogP contribution in [0.5, 0.6) is 0 Å². The van der Waals surface area contributed by atoms with E-state index in [4.69, 9.17) is 14.2 Å². The lowest BCUT2D eigenvalue weighted by atomic mass is 10.6. The molecule has 12 heavy (non-hydrogen) atoms. The van der Waals surface area contributed by atoms with Gasteiger partial charge in [-0.1, -0.05) is 0 Å². The maximum absolute atomic E-state index is 5.33. The predicted octanol–water partition coefficient (Wildman–Crippen LogP) is -0.109. The Morgan fingerprint density at radius 3 is 1.67 bits per heavy atom. The summed E-state index contributed by atoms with van der Waals surface area (Å²) < 4.78 is 15.2. The van der Waals surface area contributed by atoms with Crippen LogP contribution in [0.2, 0.25) is 0 Å². The molecule has 0 aromatic rings. The Morgan fingerprint density at radius 2 is 1.58 bits per heavy atom. The highest BCUT2D eigenvalue weighted by Gasteiger charge is 2.46. The van der Waals surface area contributed by atoms with Crippen LogP contribution in [0, 0.1) is 0 Å². The Kier molecular flexibility index (Phi) is 5.20. The fourth-order valence-electron chi connectivity index (χ4n) is 0.795. The molecule has 0 bridgehead atoms. The molecule has 6 heteroatoms. The van der Waals surface area contributed by atoms with Crippen molar-refractivity contribution in [3.8, 4) is 0 Å². The van der Waals surface area contributed by atoms with Gasteiger partial charge in [0.15, 0.2) is 4.56 Å². The van der Waals surface area contributed by atoms with Gasteiger partial charge >= 0.3 is 0 Å². The molecular formula is C6H16O3S2Si. The third kappa shape index (κ3) is 2.18. The van der Waals surface area contributed by atoms with Crippen molar-refractivity contribution in [1.29, 1.82) is 0 Å². The zero-order chi connectivity index (χ0) is 9.83. The van der Waals surface area contributed by atoms with Gasteiger partial charge in [0.25, 0.3) is 0 Å². The average Bonchev–Trinajstić information content (AvgIpc) is 2.15. The quantitative estimate of drug-likeness (QED) is 0.404. The van der Waals surface area contributed by atoms with Crippen molar-refractivity contribution >= 4 is 34.6 Å². The molecule has 0 aromatic carbocycles. The summed E-state index contributed by atoms with van der Waals surface area (Å²) in [6.45, 7) is 0. The second-order valence-electron chi connectivity index (χ2n) is 2.34. The van der Waals surface area contributed by atoms with Crippen LogP contribution < -0.4 is 0 Å². The summed E-state index contributed by atoms with van der Waals surface area (Å²) in [4.78, 5) is 0. The molecule has 0 N–H and O–H groups in total. The summed E-state index contributed by atoms with van der Waals surface area (Å²) >= 11 is 5.85. The normalized spacial score (nSPS) is 17.8. The maximum Gasteiger partial charge on any atom is 0.250 e. The highest BCUT2D eigenvalue weighted by molar-refractivity contribution is 8.01. The van der Waals surface area contributed by atoms with E-state index in [0.717, 1.165) is 10.2 Å². The first-order valence-electron chi connectivity index (χ1n) is 3.42. The van der Waals surface area contributed by atoms with Crippen molar-refractivity contribution in [1.82, 2.24) is 0 Å². The molecule has 1 atom stereocenters. The van der Waals surface area contributed by atoms with Gasteiger partial charge < -0.3 is 14.2 Å². The van der Waals surface area contributed by atoms with Crippen molar-refractivity contribution < 1.29 is 14.2 Å². The number of ether oxygens (including phenoxy) is 3. The Bertz CT molecular complexity index is 121. The monoisotopic (exact) mass is 228 g/mol. The van der Waals surface area contributed by atoms with E-state index in [2.05, 4.69) is 12.6 Å². The van der Waals surface area contributed by atoms with Crippen LogP contribution in [-0.4, -0.2) is 47.5 Å². The minimum atomic E-state index is -0.965. The Hall–Kier alpha value is 0.797. The van der Waals surface area contributed by atoms with E-state index in [1.165, 1.54) is 0 Å². The second-order valence-corrected chi connectivity index (χ2v) is 6.25. The summed E-state index contributed by atoms with van der Waals surface area (Å²) in [5, 5.41) is -0.965. The molecule has 0 saturated carbocycles. The molecule has 74 valence electrons. The van der Waals surface area contributed by atoms with Gasteiger partial charge in [-0.25, -0.2) is 0 Å². The maximum atomic E-state index is 5.33. The lowest BCUT2D eigenvalue weighted by Gasteiger charge is -2.40. The molecular weight excluding hydrogens is 212 g/mol. The van der Waals surface area contributed by atoms with E-state index in [-0.39, 0.29) is 0 Å². The van der Waals surface area contributed by atoms with E-state index in [0.29, 0.717) is 0 Å². The van der Waals surface area contributed by atoms with Gasteiger partial charge in [-0.3, -0.25) is 0 Å². The lowest BCUT2D eigenvalue weighted by Crippen LogP contribution is -2.52. The average molecular weight is 228 g/mol. The molecule has 0 aliphatic carbocycles. The first-order chi connectivity index (χ1) is 5.49. The van der Waals surface area contributed by atoms with Crippen molar-refractivity contribution in [3.63, 3.8) is 0 Å². The van der Waals surface area contributed by atoms with Crippen molar-refractivity contribution in [2.75, 3.05) is 27.6 Å². The molecule has 1 unspecified atom stereocenters. The van der Waals surface area contributed by atoms with Crippen molar-refractivity contribution in [2.45, 2.75) is 9.68 Å². The zero-order valence-electron chi connectivity index (χ0n) is 8.08. The van der Waals surface area contributed by atoms with Crippen LogP contribution in [0.1, 0.15) is 0 Å². The van der Waals surface area contributed by atoms with E-state index in [1.54, 1.807) is 33.1 Å². The molecule has 0 aliphatic rings. The number of methoxy groups -OCH3 is 3. The predicted molar refractivity (Wildman–Crippen MR) is 58.9 cm³/mol. The molecule has 0 spiro atoms. The van der Waals surface area contributed by atoms with Gasteiger partial charge in [0.1, 0.15) is 0 Å². The van der Waals surface area contributed by atoms with Crippen LogP contribution in [0.15, 0.2) is 0 Å². The number of hydrogen-bond donors (Lipinski definition) is 1. The Labute approximate surface area is 86.4 Å². The highest BCUT2D eigenvalue weighted by Crippen LogP contribution is 2.38. The highest BCUT2D eigenvalue weighted by atomic mass is 32.2. The molecule has 0 rings (SSSR count). The third-order valence-corrected chi connectivity index (χ3v) is 6.78. The van der Waals surface area contributed by atoms with Crippen LogP contribution in [0.3, 0.4) is 0 Å². The fourth-order valence-corrected chi connectivity index (χ4v) is 2.16. The Balaban J connectivity index is 4.66. The van der Waals surface area contributed by atoms with Gasteiger partial charge in [-0.2, -0.15) is 0 Å². The van der Waals surface area contributed by atoms with Gasteiger partial charge in [0.05, 0.1) is 10.2 Å². The minimum Gasteiger partial charge on any atom is -0.366 e. The summed E-state index contributed by atoms with van der Waals surface area (Å²) in [7, 11) is 5.50. The first-order valence-corrected chi connectivity index (χ1v) is 6.10. The first kappa shape index (κ1) is 12.8. The summed E-state index contributed by atoms with van der Waals surface area (Å²) in [6, 6.07) is 0. The molecule has 0 aliphatic heterocycles. The van der Waals surface area contributed by atoms with Gasteiger partial charge in [-0.15, -0.1) is 24.4 Å². The van der Waals surface area contributed by atoms with Gasteiger partial charge in [0, 0.05) is 21.3 Å². The van der Waals surface area contributed by atoms with Crippen LogP contribution in [0.25, 0.3) is 0 Å². The van der Waals surface area contributed by atoms with E-state index in [1.807, 2.05) is 6.26 Å². The molecule has 0 heterocycles. The largest absolute Gasteiger partial charge is 0.366 e. The summed E-state index contributed by atoms with van der Waals surface area (Å²) in [5.74, 6) is 0. The summed E-state index contributed by atoms with van der Waals surface area (Å²) in [6.07, 6.45) is 1.94. The molecule has 0 radical (unpaired) electrons. The molecule has 0 amide bonds. The zero-order valence-corrected chi connectivity index (χ0v) is 11.8. The molecule has 3 nitrogen and oxygen atoms in total. The number of hydrogen-bond acceptors (Lipinski definition) is 5. The molecule has 0 saturated heterocycles. The van der Waals surface area contributed by atoms with Crippen molar-refractivity contribution in [2.24, 2.45) is 0 Å². The molecule has 0 aromatic heterocycles. The summed E-state index contributed by atoms with van der Waals surface area (Å²) in [5.41, 5.74) is 0. The van der Waals surface area contributed by atoms with E-state index >= 15 is 0 Å². The van der Waals surface area contributed by atoms with Gasteiger partial charge in [0.2, 0.25) is 5.12 Å². The van der Waals surface area contributed by atoms with Crippen LogP contribution >= 0.6 is 24.4 Å². The van der Waals surface area contributed by atoms with Crippen LogP contribution in [-0.2, 0) is 14.2 Å². The SMILES string of the molecule is COC(S)(OC)C([SiH3])(OC)SC. The van der Waals surface area contributed by atoms with Gasteiger partial charge in [-0.05, 0) is 6.26 Å². The third-order valence-electron chi connectivity index (χ3n) is 1.91. The number of rotatable bonds is 5.